The molecule has 194 valence electrons. The Morgan fingerprint density at radius 3 is 2.68 bits per heavy atom. The van der Waals surface area contributed by atoms with Gasteiger partial charge in [-0.2, -0.15) is 5.26 Å². The predicted octanol–water partition coefficient (Wildman–Crippen LogP) is 6.79. The van der Waals surface area contributed by atoms with Crippen molar-refractivity contribution in [3.05, 3.63) is 85.9 Å². The van der Waals surface area contributed by atoms with Gasteiger partial charge in [0.2, 0.25) is 0 Å². The van der Waals surface area contributed by atoms with Gasteiger partial charge in [-0.1, -0.05) is 29.3 Å². The molecule has 4 aromatic rings. The Hall–Kier alpha value is -3.62. The molecule has 0 fully saturated rings. The highest BCUT2D eigenvalue weighted by Gasteiger charge is 2.26. The van der Waals surface area contributed by atoms with Gasteiger partial charge in [0.1, 0.15) is 12.1 Å². The molecule has 0 spiro atoms. The second kappa shape index (κ2) is 10.6. The largest absolute Gasteiger partial charge is 0.372 e. The van der Waals surface area contributed by atoms with E-state index in [1.165, 1.54) is 23.6 Å². The Kier molecular flexibility index (Phi) is 7.27. The van der Waals surface area contributed by atoms with E-state index in [9.17, 15) is 9.65 Å². The first-order valence-electron chi connectivity index (χ1n) is 11.7. The van der Waals surface area contributed by atoms with Gasteiger partial charge in [-0.15, -0.1) is 16.9 Å². The van der Waals surface area contributed by atoms with Crippen LogP contribution in [0.2, 0.25) is 10.0 Å². The highest BCUT2D eigenvalue weighted by Crippen LogP contribution is 2.38. The number of nitrogens with zero attached hydrogens (tertiary/aromatic N) is 4. The van der Waals surface area contributed by atoms with Crippen molar-refractivity contribution in [2.75, 3.05) is 10.6 Å². The summed E-state index contributed by atoms with van der Waals surface area (Å²) in [6, 6.07) is 10.3. The van der Waals surface area contributed by atoms with Gasteiger partial charge in [-0.3, -0.25) is 9.99 Å². The molecule has 0 bridgehead atoms. The molecule has 2 aromatic carbocycles. The molecule has 0 amide bonds. The third-order valence-corrected chi connectivity index (χ3v) is 7.66. The summed E-state index contributed by atoms with van der Waals surface area (Å²) in [6.45, 7) is 6.12. The fraction of sp³-hybridized carbons (Fsp3) is 0.192. The van der Waals surface area contributed by atoms with Crippen LogP contribution in [0.3, 0.4) is 0 Å². The molecule has 1 atom stereocenters. The van der Waals surface area contributed by atoms with E-state index >= 15 is 0 Å². The number of pyridine rings is 1. The van der Waals surface area contributed by atoms with E-state index in [-0.39, 0.29) is 28.4 Å². The zero-order valence-corrected chi connectivity index (χ0v) is 22.9. The number of thiazole rings is 1. The zero-order chi connectivity index (χ0) is 27.0. The van der Waals surface area contributed by atoms with E-state index in [1.54, 1.807) is 23.7 Å². The van der Waals surface area contributed by atoms with Crippen LogP contribution in [-0.4, -0.2) is 21.0 Å². The quantitative estimate of drug-likeness (QED) is 0.193. The van der Waals surface area contributed by atoms with Crippen LogP contribution < -0.4 is 21.6 Å². The van der Waals surface area contributed by atoms with Crippen molar-refractivity contribution in [1.82, 2.24) is 25.9 Å². The number of hydrazine groups is 2. The standard InChI is InChI=1S/C26H23Cl2FN8S/c1-13(2)37-11-21(35-36-37)25(26-14(3)32-12-38-26)33-16-7-17-23(34-20-6-4-5-18(27)22(20)29)15(9-30)10-31-24(17)19(28)8-16/h4-8,10-13,25,33,35-36H,1-3H3,(H,31,34)/t25-/m1/s1. The normalized spacial score (nSPS) is 13.8. The van der Waals surface area contributed by atoms with Gasteiger partial charge in [0.25, 0.3) is 0 Å². The number of halogens is 3. The highest BCUT2D eigenvalue weighted by molar-refractivity contribution is 7.09. The van der Waals surface area contributed by atoms with Crippen LogP contribution in [0.15, 0.2) is 53.9 Å². The molecule has 8 nitrogen and oxygen atoms in total. The molecule has 3 heterocycles. The molecular weight excluding hydrogens is 546 g/mol. The number of hydrogen-bond acceptors (Lipinski definition) is 9. The number of aromatic nitrogens is 2. The van der Waals surface area contributed by atoms with E-state index in [4.69, 9.17) is 23.2 Å². The molecule has 4 N–H and O–H groups in total. The average molecular weight is 569 g/mol. The topological polar surface area (TPSA) is 101 Å². The maximum Gasteiger partial charge on any atom is 0.165 e. The third kappa shape index (κ3) is 4.93. The predicted molar refractivity (Wildman–Crippen MR) is 151 cm³/mol. The van der Waals surface area contributed by atoms with E-state index in [2.05, 4.69) is 51.5 Å². The Balaban J connectivity index is 1.61. The van der Waals surface area contributed by atoms with Crippen molar-refractivity contribution in [3.8, 4) is 6.07 Å². The Labute approximate surface area is 233 Å². The lowest BCUT2D eigenvalue weighted by atomic mass is 10.1. The first-order valence-corrected chi connectivity index (χ1v) is 13.3. The summed E-state index contributed by atoms with van der Waals surface area (Å²) < 4.78 is 14.8. The molecule has 1 aliphatic heterocycles. The SMILES string of the molecule is Cc1ncsc1[C@H](Nc1cc(Cl)c2ncc(C#N)c(Nc3cccc(Cl)c3F)c2c1)C1=CN(C(C)C)NN1. The zero-order valence-electron chi connectivity index (χ0n) is 20.6. The Morgan fingerprint density at radius 2 is 2.00 bits per heavy atom. The van der Waals surface area contributed by atoms with Crippen LogP contribution in [0.25, 0.3) is 10.9 Å². The van der Waals surface area contributed by atoms with Gasteiger partial charge in [0.15, 0.2) is 5.82 Å². The second-order valence-electron chi connectivity index (χ2n) is 8.94. The number of rotatable bonds is 7. The molecule has 5 rings (SSSR count). The molecule has 0 radical (unpaired) electrons. The molecule has 12 heteroatoms. The fourth-order valence-electron chi connectivity index (χ4n) is 4.10. The van der Waals surface area contributed by atoms with Crippen LogP contribution in [0.5, 0.6) is 0 Å². The molecular formula is C26H23Cl2FN8S. The average Bonchev–Trinajstić information content (AvgIpc) is 3.55. The molecule has 2 aromatic heterocycles. The number of fused-ring (bicyclic) bond motifs is 1. The Bertz CT molecular complexity index is 1600. The number of nitriles is 1. The lowest BCUT2D eigenvalue weighted by Crippen LogP contribution is -2.41. The summed E-state index contributed by atoms with van der Waals surface area (Å²) in [5, 5.41) is 19.3. The minimum Gasteiger partial charge on any atom is -0.372 e. The fourth-order valence-corrected chi connectivity index (χ4v) is 5.42. The summed E-state index contributed by atoms with van der Waals surface area (Å²) in [6.07, 6.45) is 3.42. The van der Waals surface area contributed by atoms with Crippen molar-refractivity contribution in [1.29, 1.82) is 5.26 Å². The number of nitrogens with one attached hydrogen (secondary N) is 4. The van der Waals surface area contributed by atoms with E-state index < -0.39 is 5.82 Å². The number of benzene rings is 2. The summed E-state index contributed by atoms with van der Waals surface area (Å²) >= 11 is 14.2. The summed E-state index contributed by atoms with van der Waals surface area (Å²) in [4.78, 5) is 9.85. The number of hydrogen-bond donors (Lipinski definition) is 4. The van der Waals surface area contributed by atoms with Gasteiger partial charge in [-0.05, 0) is 45.0 Å². The van der Waals surface area contributed by atoms with Crippen LogP contribution in [0.4, 0.5) is 21.5 Å². The van der Waals surface area contributed by atoms with Crippen molar-refractivity contribution in [3.63, 3.8) is 0 Å². The summed E-state index contributed by atoms with van der Waals surface area (Å²) in [7, 11) is 0. The molecule has 0 saturated heterocycles. The Morgan fingerprint density at radius 1 is 1.18 bits per heavy atom. The van der Waals surface area contributed by atoms with Crippen molar-refractivity contribution >= 4 is 62.5 Å². The van der Waals surface area contributed by atoms with E-state index in [1.807, 2.05) is 24.2 Å². The molecule has 0 unspecified atom stereocenters. The first kappa shape index (κ1) is 26.0. The molecule has 0 aliphatic carbocycles. The summed E-state index contributed by atoms with van der Waals surface area (Å²) in [5.41, 5.74) is 11.9. The maximum atomic E-state index is 14.8. The van der Waals surface area contributed by atoms with Crippen LogP contribution in [0.1, 0.15) is 36.0 Å². The minimum absolute atomic E-state index is 0.0311. The van der Waals surface area contributed by atoms with Gasteiger partial charge in [0, 0.05) is 29.5 Å². The van der Waals surface area contributed by atoms with Crippen LogP contribution in [0, 0.1) is 24.1 Å². The van der Waals surface area contributed by atoms with Gasteiger partial charge in [0.05, 0.1) is 54.3 Å². The smallest absolute Gasteiger partial charge is 0.165 e. The lowest BCUT2D eigenvalue weighted by molar-refractivity contribution is 0.221. The number of aryl methyl sites for hydroxylation is 1. The van der Waals surface area contributed by atoms with Crippen molar-refractivity contribution in [2.24, 2.45) is 0 Å². The van der Waals surface area contributed by atoms with Crippen molar-refractivity contribution < 1.29 is 4.39 Å². The minimum atomic E-state index is -0.620. The summed E-state index contributed by atoms with van der Waals surface area (Å²) in [5.74, 6) is -0.620. The highest BCUT2D eigenvalue weighted by atomic mass is 35.5. The second-order valence-corrected chi connectivity index (χ2v) is 10.6. The first-order chi connectivity index (χ1) is 18.3. The van der Waals surface area contributed by atoms with E-state index in [0.717, 1.165) is 16.3 Å². The monoisotopic (exact) mass is 568 g/mol. The van der Waals surface area contributed by atoms with Crippen LogP contribution >= 0.6 is 34.5 Å². The molecule has 38 heavy (non-hydrogen) atoms. The molecule has 1 aliphatic rings. The van der Waals surface area contributed by atoms with Crippen molar-refractivity contribution in [2.45, 2.75) is 32.9 Å². The third-order valence-electron chi connectivity index (χ3n) is 6.09. The van der Waals surface area contributed by atoms with Gasteiger partial charge < -0.3 is 16.1 Å². The maximum absolute atomic E-state index is 14.8. The van der Waals surface area contributed by atoms with Gasteiger partial charge in [-0.25, -0.2) is 9.37 Å². The van der Waals surface area contributed by atoms with Gasteiger partial charge >= 0.3 is 0 Å². The molecule has 0 saturated carbocycles. The van der Waals surface area contributed by atoms with Crippen LogP contribution in [-0.2, 0) is 0 Å². The van der Waals surface area contributed by atoms with E-state index in [0.29, 0.717) is 27.3 Å². The number of anilines is 3. The lowest BCUT2D eigenvalue weighted by Gasteiger charge is -2.21.